The first-order valence-electron chi connectivity index (χ1n) is 9.26. The quantitative estimate of drug-likeness (QED) is 0.510. The number of hydrogen-bond acceptors (Lipinski definition) is 4. The van der Waals surface area contributed by atoms with Crippen molar-refractivity contribution in [2.24, 2.45) is 11.0 Å². The molecule has 0 heterocycles. The Morgan fingerprint density at radius 1 is 1.00 bits per heavy atom. The van der Waals surface area contributed by atoms with E-state index in [0.717, 1.165) is 29.2 Å². The first-order valence-corrected chi connectivity index (χ1v) is 9.26. The van der Waals surface area contributed by atoms with Gasteiger partial charge in [-0.1, -0.05) is 26.0 Å². The van der Waals surface area contributed by atoms with Gasteiger partial charge < -0.3 is 9.47 Å². The monoisotopic (exact) mass is 368 g/mol. The molecule has 1 amide bonds. The highest BCUT2D eigenvalue weighted by Crippen LogP contribution is 2.18. The van der Waals surface area contributed by atoms with Crippen LogP contribution in [-0.2, 0) is 6.61 Å². The molecule has 27 heavy (non-hydrogen) atoms. The van der Waals surface area contributed by atoms with E-state index in [1.807, 2.05) is 50.2 Å². The number of carbonyl (C=O) groups excluding carboxylic acids is 1. The van der Waals surface area contributed by atoms with Crippen LogP contribution in [0.3, 0.4) is 0 Å². The lowest BCUT2D eigenvalue weighted by Crippen LogP contribution is -2.19. The van der Waals surface area contributed by atoms with Crippen LogP contribution in [0.4, 0.5) is 0 Å². The zero-order chi connectivity index (χ0) is 19.6. The van der Waals surface area contributed by atoms with E-state index in [1.165, 1.54) is 0 Å². The summed E-state index contributed by atoms with van der Waals surface area (Å²) in [7, 11) is 0. The molecule has 0 spiro atoms. The Kier molecular flexibility index (Phi) is 7.86. The second-order valence-corrected chi connectivity index (χ2v) is 6.78. The minimum absolute atomic E-state index is 0.211. The molecule has 0 radical (unpaired) electrons. The summed E-state index contributed by atoms with van der Waals surface area (Å²) >= 11 is 0. The van der Waals surface area contributed by atoms with E-state index in [1.54, 1.807) is 12.1 Å². The van der Waals surface area contributed by atoms with Crippen LogP contribution in [0.15, 0.2) is 53.6 Å². The van der Waals surface area contributed by atoms with Crippen molar-refractivity contribution in [3.8, 4) is 11.5 Å². The second-order valence-electron chi connectivity index (χ2n) is 6.78. The summed E-state index contributed by atoms with van der Waals surface area (Å²) in [6.07, 6.45) is 0.863. The Morgan fingerprint density at radius 2 is 1.59 bits per heavy atom. The predicted octanol–water partition coefficient (Wildman–Crippen LogP) is 4.82. The van der Waals surface area contributed by atoms with Crippen molar-refractivity contribution in [3.63, 3.8) is 0 Å². The van der Waals surface area contributed by atoms with Crippen molar-refractivity contribution in [1.82, 2.24) is 5.43 Å². The summed E-state index contributed by atoms with van der Waals surface area (Å²) in [6, 6.07) is 14.8. The maximum atomic E-state index is 12.1. The number of rotatable bonds is 9. The van der Waals surface area contributed by atoms with Crippen LogP contribution in [0.1, 0.15) is 50.0 Å². The van der Waals surface area contributed by atoms with Crippen LogP contribution >= 0.6 is 0 Å². The lowest BCUT2D eigenvalue weighted by Gasteiger charge is -2.08. The average Bonchev–Trinajstić information content (AvgIpc) is 2.66. The van der Waals surface area contributed by atoms with Crippen LogP contribution in [0.5, 0.6) is 11.5 Å². The number of nitrogens with zero attached hydrogens (tertiary/aromatic N) is 1. The summed E-state index contributed by atoms with van der Waals surface area (Å²) in [4.78, 5) is 12.1. The smallest absolute Gasteiger partial charge is 0.271 e. The molecular weight excluding hydrogens is 340 g/mol. The highest BCUT2D eigenvalue weighted by atomic mass is 16.5. The van der Waals surface area contributed by atoms with E-state index in [9.17, 15) is 4.79 Å². The lowest BCUT2D eigenvalue weighted by atomic mass is 10.1. The molecule has 1 N–H and O–H groups in total. The average molecular weight is 368 g/mol. The summed E-state index contributed by atoms with van der Waals surface area (Å²) in [6.45, 7) is 9.18. The maximum Gasteiger partial charge on any atom is 0.271 e. The minimum atomic E-state index is -0.211. The van der Waals surface area contributed by atoms with Gasteiger partial charge in [0.05, 0.1) is 6.61 Å². The van der Waals surface area contributed by atoms with Gasteiger partial charge >= 0.3 is 0 Å². The van der Waals surface area contributed by atoms with E-state index in [2.05, 4.69) is 24.4 Å². The summed E-state index contributed by atoms with van der Waals surface area (Å²) in [5, 5.41) is 4.14. The summed E-state index contributed by atoms with van der Waals surface area (Å²) in [5.74, 6) is 1.90. The lowest BCUT2D eigenvalue weighted by molar-refractivity contribution is 0.0954. The third-order valence-electron chi connectivity index (χ3n) is 3.81. The van der Waals surface area contributed by atoms with Crippen LogP contribution in [0.2, 0.25) is 0 Å². The first kappa shape index (κ1) is 20.5. The molecule has 2 aromatic carbocycles. The largest absolute Gasteiger partial charge is 0.494 e. The van der Waals surface area contributed by atoms with Crippen molar-refractivity contribution in [3.05, 3.63) is 59.7 Å². The Bertz CT molecular complexity index is 750. The summed E-state index contributed by atoms with van der Waals surface area (Å²) in [5.41, 5.74) is 5.07. The van der Waals surface area contributed by atoms with Crippen molar-refractivity contribution < 1.29 is 14.3 Å². The molecule has 0 saturated carbocycles. The van der Waals surface area contributed by atoms with Crippen molar-refractivity contribution >= 4 is 11.6 Å². The molecule has 2 aromatic rings. The van der Waals surface area contributed by atoms with Crippen molar-refractivity contribution in [2.75, 3.05) is 6.61 Å². The zero-order valence-corrected chi connectivity index (χ0v) is 16.5. The molecule has 5 heteroatoms. The molecule has 0 unspecified atom stereocenters. The van der Waals surface area contributed by atoms with Crippen LogP contribution < -0.4 is 14.9 Å². The van der Waals surface area contributed by atoms with Crippen LogP contribution in [0.25, 0.3) is 0 Å². The molecule has 0 aliphatic heterocycles. The van der Waals surface area contributed by atoms with Crippen LogP contribution in [0, 0.1) is 5.92 Å². The number of carbonyl (C=O) groups is 1. The number of amides is 1. The fourth-order valence-corrected chi connectivity index (χ4v) is 2.56. The molecule has 0 bridgehead atoms. The third kappa shape index (κ3) is 7.13. The van der Waals surface area contributed by atoms with Gasteiger partial charge in [-0.15, -0.1) is 0 Å². The molecule has 0 aliphatic carbocycles. The number of ether oxygens (including phenoxy) is 2. The Labute approximate surface area is 161 Å². The molecule has 5 nitrogen and oxygen atoms in total. The van der Waals surface area contributed by atoms with Gasteiger partial charge in [0.2, 0.25) is 0 Å². The number of nitrogens with one attached hydrogen (secondary N) is 1. The molecular formula is C22H28N2O3. The van der Waals surface area contributed by atoms with E-state index in [0.29, 0.717) is 24.7 Å². The van der Waals surface area contributed by atoms with Gasteiger partial charge in [0.1, 0.15) is 18.1 Å². The molecule has 144 valence electrons. The predicted molar refractivity (Wildman–Crippen MR) is 108 cm³/mol. The highest BCUT2D eigenvalue weighted by Gasteiger charge is 2.06. The van der Waals surface area contributed by atoms with Gasteiger partial charge in [-0.25, -0.2) is 5.43 Å². The van der Waals surface area contributed by atoms with E-state index >= 15 is 0 Å². The molecule has 0 aromatic heterocycles. The van der Waals surface area contributed by atoms with Gasteiger partial charge in [0, 0.05) is 11.3 Å². The maximum absolute atomic E-state index is 12.1. The molecule has 0 fully saturated rings. The normalized spacial score (nSPS) is 11.4. The van der Waals surface area contributed by atoms with Gasteiger partial charge in [0.25, 0.3) is 5.91 Å². The van der Waals surface area contributed by atoms with Crippen molar-refractivity contribution in [1.29, 1.82) is 0 Å². The first-order chi connectivity index (χ1) is 13.0. The van der Waals surface area contributed by atoms with E-state index in [4.69, 9.17) is 9.47 Å². The van der Waals surface area contributed by atoms with Crippen molar-refractivity contribution in [2.45, 2.75) is 40.7 Å². The number of benzene rings is 2. The minimum Gasteiger partial charge on any atom is -0.494 e. The molecule has 2 rings (SSSR count). The zero-order valence-electron chi connectivity index (χ0n) is 16.5. The highest BCUT2D eigenvalue weighted by molar-refractivity contribution is 5.95. The molecule has 0 aliphatic rings. The molecule has 0 atom stereocenters. The van der Waals surface area contributed by atoms with Gasteiger partial charge in [-0.3, -0.25) is 4.79 Å². The Hall–Kier alpha value is -2.82. The number of hydrogen-bond donors (Lipinski definition) is 1. The van der Waals surface area contributed by atoms with Gasteiger partial charge in [0.15, 0.2) is 0 Å². The SMILES string of the molecule is CCOc1ccc(OCc2ccc(C(=O)N/N=C(\C)CC(C)C)cc2)cc1. The van der Waals surface area contributed by atoms with Gasteiger partial charge in [-0.05, 0) is 68.1 Å². The summed E-state index contributed by atoms with van der Waals surface area (Å²) < 4.78 is 11.2. The Balaban J connectivity index is 1.86. The fraction of sp³-hybridized carbons (Fsp3) is 0.364. The topological polar surface area (TPSA) is 59.9 Å². The third-order valence-corrected chi connectivity index (χ3v) is 3.81. The van der Waals surface area contributed by atoms with Gasteiger partial charge in [-0.2, -0.15) is 5.10 Å². The van der Waals surface area contributed by atoms with E-state index in [-0.39, 0.29) is 5.91 Å². The molecule has 0 saturated heterocycles. The fourth-order valence-electron chi connectivity index (χ4n) is 2.56. The Morgan fingerprint density at radius 3 is 2.15 bits per heavy atom. The standard InChI is InChI=1S/C22H28N2O3/c1-5-26-20-10-12-21(13-11-20)27-15-18-6-8-19(9-7-18)22(25)24-23-17(4)14-16(2)3/h6-13,16H,5,14-15H2,1-4H3,(H,24,25)/b23-17+. The van der Waals surface area contributed by atoms with Crippen LogP contribution in [-0.4, -0.2) is 18.2 Å². The second kappa shape index (κ2) is 10.4. The van der Waals surface area contributed by atoms with E-state index < -0.39 is 0 Å². The number of hydrazone groups is 1.